The maximum absolute atomic E-state index is 11.9. The van der Waals surface area contributed by atoms with Crippen LogP contribution in [0.4, 0.5) is 5.69 Å². The lowest BCUT2D eigenvalue weighted by Gasteiger charge is -2.09. The van der Waals surface area contributed by atoms with Gasteiger partial charge in [0.15, 0.2) is 0 Å². The second-order valence-corrected chi connectivity index (χ2v) is 4.03. The van der Waals surface area contributed by atoms with Crippen LogP contribution in [-0.4, -0.2) is 17.5 Å². The number of hydrogen-bond acceptors (Lipinski definition) is 3. The van der Waals surface area contributed by atoms with Gasteiger partial charge in [0.1, 0.15) is 5.75 Å². The largest absolute Gasteiger partial charge is 0.492 e. The van der Waals surface area contributed by atoms with E-state index in [1.807, 2.05) is 43.3 Å². The summed E-state index contributed by atoms with van der Waals surface area (Å²) in [7, 11) is 0. The van der Waals surface area contributed by atoms with Crippen molar-refractivity contribution in [3.63, 3.8) is 0 Å². The Bertz CT molecular complexity index is 594. The summed E-state index contributed by atoms with van der Waals surface area (Å²) in [5.41, 5.74) is 1.59. The van der Waals surface area contributed by atoms with Crippen LogP contribution in [-0.2, 0) is 4.79 Å². The van der Waals surface area contributed by atoms with Crippen molar-refractivity contribution in [2.24, 2.45) is 0 Å². The summed E-state index contributed by atoms with van der Waals surface area (Å²) in [6, 6.07) is 11.0. The zero-order valence-corrected chi connectivity index (χ0v) is 11.2. The van der Waals surface area contributed by atoms with E-state index in [-0.39, 0.29) is 5.91 Å². The third kappa shape index (κ3) is 3.95. The number of carbonyl (C=O) groups is 1. The molecule has 20 heavy (non-hydrogen) atoms. The van der Waals surface area contributed by atoms with E-state index in [0.717, 1.165) is 5.56 Å². The van der Waals surface area contributed by atoms with Gasteiger partial charge in [-0.05, 0) is 42.8 Å². The molecule has 0 bridgehead atoms. The van der Waals surface area contributed by atoms with E-state index in [1.165, 1.54) is 6.08 Å². The number of nitrogens with one attached hydrogen (secondary N) is 1. The fraction of sp³-hybridized carbons (Fsp3) is 0.125. The van der Waals surface area contributed by atoms with Crippen molar-refractivity contribution in [1.29, 1.82) is 0 Å². The molecule has 1 aromatic carbocycles. The number of rotatable bonds is 5. The van der Waals surface area contributed by atoms with Crippen LogP contribution < -0.4 is 10.1 Å². The van der Waals surface area contributed by atoms with Crippen molar-refractivity contribution in [2.75, 3.05) is 11.9 Å². The van der Waals surface area contributed by atoms with Gasteiger partial charge in [0.05, 0.1) is 12.3 Å². The molecular formula is C16H16N2O2. The van der Waals surface area contributed by atoms with Crippen LogP contribution in [0.5, 0.6) is 5.75 Å². The minimum Gasteiger partial charge on any atom is -0.492 e. The predicted molar refractivity (Wildman–Crippen MR) is 79.5 cm³/mol. The Morgan fingerprint density at radius 2 is 2.00 bits per heavy atom. The van der Waals surface area contributed by atoms with E-state index < -0.39 is 0 Å². The van der Waals surface area contributed by atoms with Gasteiger partial charge in [-0.1, -0.05) is 12.1 Å². The van der Waals surface area contributed by atoms with Crippen LogP contribution in [0, 0.1) is 0 Å². The molecule has 0 saturated carbocycles. The summed E-state index contributed by atoms with van der Waals surface area (Å²) >= 11 is 0. The predicted octanol–water partition coefficient (Wildman–Crippen LogP) is 3.13. The Morgan fingerprint density at radius 1 is 1.25 bits per heavy atom. The lowest BCUT2D eigenvalue weighted by atomic mass is 10.2. The number of nitrogens with zero attached hydrogens (tertiary/aromatic N) is 1. The highest BCUT2D eigenvalue weighted by atomic mass is 16.5. The van der Waals surface area contributed by atoms with E-state index in [9.17, 15) is 4.79 Å². The number of aromatic nitrogens is 1. The molecular weight excluding hydrogens is 252 g/mol. The molecule has 2 aromatic rings. The quantitative estimate of drug-likeness (QED) is 0.848. The first-order valence-corrected chi connectivity index (χ1v) is 6.40. The van der Waals surface area contributed by atoms with Crippen LogP contribution >= 0.6 is 0 Å². The molecule has 0 unspecified atom stereocenters. The Kier molecular flexibility index (Phi) is 4.89. The number of ether oxygens (including phenoxy) is 1. The smallest absolute Gasteiger partial charge is 0.248 e. The Hall–Kier alpha value is -2.62. The molecule has 0 aliphatic carbocycles. The zero-order chi connectivity index (χ0) is 14.2. The van der Waals surface area contributed by atoms with Gasteiger partial charge in [-0.15, -0.1) is 0 Å². The summed E-state index contributed by atoms with van der Waals surface area (Å²) in [6.45, 7) is 2.46. The molecule has 0 aliphatic heterocycles. The fourth-order valence-electron chi connectivity index (χ4n) is 1.67. The van der Waals surface area contributed by atoms with Crippen molar-refractivity contribution < 1.29 is 9.53 Å². The fourth-order valence-corrected chi connectivity index (χ4v) is 1.67. The number of anilines is 1. The van der Waals surface area contributed by atoms with Crippen LogP contribution in [0.2, 0.25) is 0 Å². The van der Waals surface area contributed by atoms with E-state index in [0.29, 0.717) is 18.0 Å². The third-order valence-corrected chi connectivity index (χ3v) is 2.58. The summed E-state index contributed by atoms with van der Waals surface area (Å²) in [6.07, 6.45) is 6.59. The summed E-state index contributed by atoms with van der Waals surface area (Å²) in [5, 5.41) is 2.80. The monoisotopic (exact) mass is 268 g/mol. The Morgan fingerprint density at radius 3 is 2.75 bits per heavy atom. The van der Waals surface area contributed by atoms with Crippen molar-refractivity contribution in [2.45, 2.75) is 6.92 Å². The molecule has 2 rings (SSSR count). The Balaban J connectivity index is 2.03. The Labute approximate surface area is 118 Å². The highest BCUT2D eigenvalue weighted by Crippen LogP contribution is 2.23. The summed E-state index contributed by atoms with van der Waals surface area (Å²) < 4.78 is 5.45. The topological polar surface area (TPSA) is 51.2 Å². The molecule has 0 saturated heterocycles. The van der Waals surface area contributed by atoms with E-state index >= 15 is 0 Å². The van der Waals surface area contributed by atoms with Crippen LogP contribution in [0.3, 0.4) is 0 Å². The highest BCUT2D eigenvalue weighted by molar-refractivity contribution is 6.02. The van der Waals surface area contributed by atoms with Gasteiger partial charge in [-0.25, -0.2) is 0 Å². The van der Waals surface area contributed by atoms with Gasteiger partial charge in [0.25, 0.3) is 0 Å². The van der Waals surface area contributed by atoms with Crippen LogP contribution in [0.25, 0.3) is 6.08 Å². The number of pyridine rings is 1. The summed E-state index contributed by atoms with van der Waals surface area (Å²) in [4.78, 5) is 15.8. The maximum Gasteiger partial charge on any atom is 0.248 e. The van der Waals surface area contributed by atoms with Crippen molar-refractivity contribution in [1.82, 2.24) is 4.98 Å². The highest BCUT2D eigenvalue weighted by Gasteiger charge is 2.04. The average Bonchev–Trinajstić information content (AvgIpc) is 2.49. The number of amides is 1. The van der Waals surface area contributed by atoms with E-state index in [2.05, 4.69) is 10.3 Å². The molecule has 0 spiro atoms. The van der Waals surface area contributed by atoms with E-state index in [4.69, 9.17) is 4.74 Å². The van der Waals surface area contributed by atoms with Gasteiger partial charge in [0.2, 0.25) is 5.91 Å². The first-order chi connectivity index (χ1) is 9.79. The molecule has 1 amide bonds. The van der Waals surface area contributed by atoms with Crippen molar-refractivity contribution >= 4 is 17.7 Å². The first-order valence-electron chi connectivity index (χ1n) is 6.40. The molecule has 0 aliphatic rings. The number of carbonyl (C=O) groups excluding carboxylic acids is 1. The molecule has 4 heteroatoms. The maximum atomic E-state index is 11.9. The molecule has 1 heterocycles. The first kappa shape index (κ1) is 13.8. The number of hydrogen-bond donors (Lipinski definition) is 1. The second kappa shape index (κ2) is 7.09. The van der Waals surface area contributed by atoms with Gasteiger partial charge in [0, 0.05) is 18.5 Å². The van der Waals surface area contributed by atoms with Gasteiger partial charge in [-0.2, -0.15) is 0 Å². The van der Waals surface area contributed by atoms with Crippen molar-refractivity contribution in [3.8, 4) is 5.75 Å². The molecule has 1 aromatic heterocycles. The minimum atomic E-state index is -0.200. The van der Waals surface area contributed by atoms with Crippen LogP contribution in [0.15, 0.2) is 54.9 Å². The second-order valence-electron chi connectivity index (χ2n) is 4.03. The number of para-hydroxylation sites is 2. The zero-order valence-electron chi connectivity index (χ0n) is 11.2. The average molecular weight is 268 g/mol. The molecule has 0 fully saturated rings. The molecule has 102 valence electrons. The normalized spacial score (nSPS) is 10.4. The molecule has 1 N–H and O–H groups in total. The number of benzene rings is 1. The van der Waals surface area contributed by atoms with Gasteiger partial charge in [-0.3, -0.25) is 9.78 Å². The molecule has 0 radical (unpaired) electrons. The standard InChI is InChI=1S/C16H16N2O2/c1-2-20-15-6-4-3-5-14(15)18-16(19)8-7-13-9-11-17-12-10-13/h3-12H,2H2,1H3,(H,18,19)/b8-7+. The van der Waals surface area contributed by atoms with Gasteiger partial charge < -0.3 is 10.1 Å². The lowest BCUT2D eigenvalue weighted by molar-refractivity contribution is -0.111. The van der Waals surface area contributed by atoms with Crippen LogP contribution in [0.1, 0.15) is 12.5 Å². The van der Waals surface area contributed by atoms with E-state index in [1.54, 1.807) is 18.5 Å². The SMILES string of the molecule is CCOc1ccccc1NC(=O)/C=C/c1ccncc1. The third-order valence-electron chi connectivity index (χ3n) is 2.58. The van der Waals surface area contributed by atoms with Gasteiger partial charge >= 0.3 is 0 Å². The lowest BCUT2D eigenvalue weighted by Crippen LogP contribution is -2.09. The summed E-state index contributed by atoms with van der Waals surface area (Å²) in [5.74, 6) is 0.467. The van der Waals surface area contributed by atoms with Crippen molar-refractivity contribution in [3.05, 3.63) is 60.4 Å². The molecule has 0 atom stereocenters. The molecule has 4 nitrogen and oxygen atoms in total. The minimum absolute atomic E-state index is 0.200.